The number of nitrogens with zero attached hydrogens (tertiary/aromatic N) is 1. The van der Waals surface area contributed by atoms with E-state index in [2.05, 4.69) is 31.2 Å². The van der Waals surface area contributed by atoms with Crippen LogP contribution in [0.25, 0.3) is 0 Å². The predicted octanol–water partition coefficient (Wildman–Crippen LogP) is 0.491. The molecule has 0 aliphatic rings. The number of aromatic nitrogens is 2. The van der Waals surface area contributed by atoms with Gasteiger partial charge in [0.2, 0.25) is 5.91 Å². The summed E-state index contributed by atoms with van der Waals surface area (Å²) in [6, 6.07) is 0. The van der Waals surface area contributed by atoms with Gasteiger partial charge in [0, 0.05) is 6.92 Å². The van der Waals surface area contributed by atoms with E-state index >= 15 is 0 Å². The third-order valence-electron chi connectivity index (χ3n) is 1.05. The summed E-state index contributed by atoms with van der Waals surface area (Å²) in [6.07, 6.45) is 1.40. The summed E-state index contributed by atoms with van der Waals surface area (Å²) >= 11 is 3.03. The van der Waals surface area contributed by atoms with E-state index in [4.69, 9.17) is 0 Å². The second kappa shape index (κ2) is 3.48. The first-order valence-electron chi connectivity index (χ1n) is 3.12. The average Bonchev–Trinajstić information content (AvgIpc) is 1.94. The number of rotatable bonds is 1. The lowest BCUT2D eigenvalue weighted by Gasteiger charge is -1.98. The molecule has 0 radical (unpaired) electrons. The lowest BCUT2D eigenvalue weighted by molar-refractivity contribution is -0.114. The molecule has 1 heterocycles. The van der Waals surface area contributed by atoms with Crippen molar-refractivity contribution in [3.63, 3.8) is 0 Å². The van der Waals surface area contributed by atoms with Crippen molar-refractivity contribution in [2.24, 2.45) is 0 Å². The fourth-order valence-electron chi connectivity index (χ4n) is 0.636. The number of aromatic amines is 1. The second-order valence-electron chi connectivity index (χ2n) is 2.09. The van der Waals surface area contributed by atoms with Gasteiger partial charge in [-0.15, -0.1) is 0 Å². The van der Waals surface area contributed by atoms with E-state index in [1.54, 1.807) is 0 Å². The van der Waals surface area contributed by atoms with Crippen LogP contribution in [0.1, 0.15) is 6.92 Å². The predicted molar refractivity (Wildman–Crippen MR) is 46.9 cm³/mol. The van der Waals surface area contributed by atoms with Crippen LogP contribution in [0.3, 0.4) is 0 Å². The Bertz CT molecular complexity index is 360. The highest BCUT2D eigenvalue weighted by atomic mass is 79.9. The molecule has 0 aromatic carbocycles. The molecular weight excluding hydrogens is 226 g/mol. The normalized spacial score (nSPS) is 9.50. The maximum atomic E-state index is 11.0. The van der Waals surface area contributed by atoms with Crippen LogP contribution in [-0.2, 0) is 4.79 Å². The first-order chi connectivity index (χ1) is 5.59. The SMILES string of the molecule is CC(=O)Nc1ncc(Br)[nH]c1=O. The topological polar surface area (TPSA) is 74.8 Å². The highest BCUT2D eigenvalue weighted by Crippen LogP contribution is 2.00. The van der Waals surface area contributed by atoms with E-state index in [1.165, 1.54) is 13.1 Å². The van der Waals surface area contributed by atoms with Gasteiger partial charge < -0.3 is 10.3 Å². The molecular formula is C6H6BrN3O2. The van der Waals surface area contributed by atoms with Crippen molar-refractivity contribution in [3.05, 3.63) is 21.2 Å². The van der Waals surface area contributed by atoms with Crippen LogP contribution < -0.4 is 10.9 Å². The number of carbonyl (C=O) groups excluding carboxylic acids is 1. The van der Waals surface area contributed by atoms with E-state index in [9.17, 15) is 9.59 Å². The second-order valence-corrected chi connectivity index (χ2v) is 2.94. The summed E-state index contributed by atoms with van der Waals surface area (Å²) in [7, 11) is 0. The van der Waals surface area contributed by atoms with Gasteiger partial charge in [0.15, 0.2) is 5.82 Å². The Morgan fingerprint density at radius 1 is 1.75 bits per heavy atom. The van der Waals surface area contributed by atoms with Crippen LogP contribution in [-0.4, -0.2) is 15.9 Å². The minimum Gasteiger partial charge on any atom is -0.312 e. The number of anilines is 1. The third-order valence-corrected chi connectivity index (χ3v) is 1.45. The number of H-pyrrole nitrogens is 1. The number of amides is 1. The summed E-state index contributed by atoms with van der Waals surface area (Å²) in [4.78, 5) is 27.7. The number of hydrogen-bond acceptors (Lipinski definition) is 3. The largest absolute Gasteiger partial charge is 0.312 e. The van der Waals surface area contributed by atoms with Crippen LogP contribution >= 0.6 is 15.9 Å². The molecule has 1 aromatic rings. The van der Waals surface area contributed by atoms with Crippen molar-refractivity contribution in [2.45, 2.75) is 6.92 Å². The third kappa shape index (κ3) is 2.16. The number of hydrogen-bond donors (Lipinski definition) is 2. The molecule has 0 saturated heterocycles. The van der Waals surface area contributed by atoms with Gasteiger partial charge in [-0.25, -0.2) is 4.98 Å². The number of halogens is 1. The Labute approximate surface area is 76.3 Å². The van der Waals surface area contributed by atoms with E-state index in [1.807, 2.05) is 0 Å². The van der Waals surface area contributed by atoms with Gasteiger partial charge in [-0.2, -0.15) is 0 Å². The fourth-order valence-corrected chi connectivity index (χ4v) is 0.918. The summed E-state index contributed by atoms with van der Waals surface area (Å²) in [5.41, 5.74) is -0.431. The van der Waals surface area contributed by atoms with E-state index < -0.39 is 5.56 Å². The zero-order chi connectivity index (χ0) is 9.14. The minimum absolute atomic E-state index is 0.00528. The molecule has 0 bridgehead atoms. The molecule has 5 nitrogen and oxygen atoms in total. The molecule has 0 atom stereocenters. The average molecular weight is 232 g/mol. The molecule has 0 unspecified atom stereocenters. The van der Waals surface area contributed by atoms with Crippen molar-refractivity contribution < 1.29 is 4.79 Å². The molecule has 0 fully saturated rings. The van der Waals surface area contributed by atoms with Crippen LogP contribution in [0.15, 0.2) is 15.6 Å². The lowest BCUT2D eigenvalue weighted by Crippen LogP contribution is -2.18. The summed E-state index contributed by atoms with van der Waals surface area (Å²) in [6.45, 7) is 1.31. The van der Waals surface area contributed by atoms with Gasteiger partial charge in [-0.05, 0) is 15.9 Å². The van der Waals surface area contributed by atoms with Gasteiger partial charge in [-0.3, -0.25) is 9.59 Å². The molecule has 1 amide bonds. The van der Waals surface area contributed by atoms with Gasteiger partial charge in [0.25, 0.3) is 5.56 Å². The highest BCUT2D eigenvalue weighted by molar-refractivity contribution is 9.10. The van der Waals surface area contributed by atoms with Gasteiger partial charge in [-0.1, -0.05) is 0 Å². The molecule has 1 aromatic heterocycles. The number of carbonyl (C=O) groups is 1. The summed E-state index contributed by atoms with van der Waals surface area (Å²) in [5, 5.41) is 2.29. The molecule has 0 aliphatic carbocycles. The van der Waals surface area contributed by atoms with E-state index in [0.717, 1.165) is 0 Å². The quantitative estimate of drug-likeness (QED) is 0.739. The molecule has 1 rings (SSSR count). The minimum atomic E-state index is -0.431. The van der Waals surface area contributed by atoms with Gasteiger partial charge in [0.1, 0.15) is 4.60 Å². The molecule has 64 valence electrons. The lowest BCUT2D eigenvalue weighted by atomic mass is 10.6. The first-order valence-corrected chi connectivity index (χ1v) is 3.91. The van der Waals surface area contributed by atoms with Crippen molar-refractivity contribution in [2.75, 3.05) is 5.32 Å². The van der Waals surface area contributed by atoms with Crippen molar-refractivity contribution >= 4 is 27.7 Å². The Morgan fingerprint density at radius 2 is 2.42 bits per heavy atom. The molecule has 12 heavy (non-hydrogen) atoms. The van der Waals surface area contributed by atoms with Gasteiger partial charge >= 0.3 is 0 Å². The fraction of sp³-hybridized carbons (Fsp3) is 0.167. The van der Waals surface area contributed by atoms with Crippen LogP contribution in [0.2, 0.25) is 0 Å². The zero-order valence-corrected chi connectivity index (χ0v) is 7.81. The smallest absolute Gasteiger partial charge is 0.291 e. The van der Waals surface area contributed by atoms with E-state index in [0.29, 0.717) is 4.60 Å². The monoisotopic (exact) mass is 231 g/mol. The van der Waals surface area contributed by atoms with Crippen LogP contribution in [0.4, 0.5) is 5.82 Å². The maximum absolute atomic E-state index is 11.0. The van der Waals surface area contributed by atoms with Crippen LogP contribution in [0, 0.1) is 0 Å². The molecule has 0 spiro atoms. The van der Waals surface area contributed by atoms with Crippen molar-refractivity contribution in [1.82, 2.24) is 9.97 Å². The highest BCUT2D eigenvalue weighted by Gasteiger charge is 2.01. The summed E-state index contributed by atoms with van der Waals surface area (Å²) < 4.78 is 0.474. The van der Waals surface area contributed by atoms with Crippen LogP contribution in [0.5, 0.6) is 0 Å². The molecule has 0 aliphatic heterocycles. The Balaban J connectivity index is 3.02. The number of nitrogens with one attached hydrogen (secondary N) is 2. The summed E-state index contributed by atoms with van der Waals surface area (Å²) in [5.74, 6) is -0.318. The first kappa shape index (κ1) is 8.92. The Morgan fingerprint density at radius 3 is 2.92 bits per heavy atom. The molecule has 6 heteroatoms. The zero-order valence-electron chi connectivity index (χ0n) is 6.22. The van der Waals surface area contributed by atoms with Gasteiger partial charge in [0.05, 0.1) is 6.20 Å². The molecule has 0 saturated carbocycles. The maximum Gasteiger partial charge on any atom is 0.291 e. The molecule has 2 N–H and O–H groups in total. The van der Waals surface area contributed by atoms with Crippen molar-refractivity contribution in [1.29, 1.82) is 0 Å². The Kier molecular flexibility index (Phi) is 2.59. The standard InChI is InChI=1S/C6H6BrN3O2/c1-3(11)9-5-6(12)10-4(7)2-8-5/h2H,1H3,(H,10,12)(H,8,9,11). The van der Waals surface area contributed by atoms with Crippen molar-refractivity contribution in [3.8, 4) is 0 Å². The van der Waals surface area contributed by atoms with E-state index in [-0.39, 0.29) is 11.7 Å². The Hall–Kier alpha value is -1.17.